The Bertz CT molecular complexity index is 1580. The summed E-state index contributed by atoms with van der Waals surface area (Å²) in [4.78, 5) is 49.4. The van der Waals surface area contributed by atoms with Gasteiger partial charge in [-0.1, -0.05) is 5.92 Å². The highest BCUT2D eigenvalue weighted by Crippen LogP contribution is 2.32. The number of fused-ring (bicyclic) bond motifs is 1. The highest BCUT2D eigenvalue weighted by molar-refractivity contribution is 5.83. The summed E-state index contributed by atoms with van der Waals surface area (Å²) in [5, 5.41) is 34.3. The molecule has 4 atom stereocenters. The number of nitrogen functional groups attached to an aromatic ring is 1. The smallest absolute Gasteiger partial charge is 0.410 e. The van der Waals surface area contributed by atoms with E-state index < -0.39 is 41.5 Å². The molecule has 226 valence electrons. The number of aliphatic hydroxyl groups excluding tert-OH is 2. The molecule has 4 heterocycles. The number of imidazole rings is 1. The molecule has 2 fully saturated rings. The summed E-state index contributed by atoms with van der Waals surface area (Å²) in [5.41, 5.74) is 6.48. The number of rotatable bonds is 6. The van der Waals surface area contributed by atoms with Crippen molar-refractivity contribution in [2.45, 2.75) is 50.7 Å². The lowest BCUT2D eigenvalue weighted by atomic mass is 9.94. The zero-order chi connectivity index (χ0) is 30.7. The van der Waals surface area contributed by atoms with Gasteiger partial charge in [0, 0.05) is 38.2 Å². The number of nitro benzene ring substituents is 1. The maximum Gasteiger partial charge on any atom is 0.415 e. The van der Waals surface area contributed by atoms with Crippen LogP contribution in [0.25, 0.3) is 11.2 Å². The quantitative estimate of drug-likeness (QED) is 0.176. The van der Waals surface area contributed by atoms with Crippen molar-refractivity contribution >= 4 is 34.7 Å². The zero-order valence-corrected chi connectivity index (χ0v) is 23.1. The molecule has 3 aromatic rings. The van der Waals surface area contributed by atoms with Gasteiger partial charge in [-0.15, -0.1) is 0 Å². The number of carbonyl (C=O) groups excluding carboxylic acids is 2. The second-order valence-corrected chi connectivity index (χ2v) is 10.1. The maximum absolute atomic E-state index is 12.5. The normalized spacial score (nSPS) is 22.2. The van der Waals surface area contributed by atoms with Crippen molar-refractivity contribution in [3.8, 4) is 17.6 Å². The van der Waals surface area contributed by atoms with Crippen molar-refractivity contribution < 1.29 is 34.2 Å². The van der Waals surface area contributed by atoms with Gasteiger partial charge >= 0.3 is 6.09 Å². The molecule has 5 rings (SSSR count). The third-order valence-corrected chi connectivity index (χ3v) is 7.29. The van der Waals surface area contributed by atoms with Crippen LogP contribution in [0.3, 0.4) is 0 Å². The summed E-state index contributed by atoms with van der Waals surface area (Å²) in [7, 11) is 0. The molecule has 16 nitrogen and oxygen atoms in total. The number of nitrogens with zero attached hydrogens (tertiary/aromatic N) is 6. The third kappa shape index (κ3) is 6.33. The third-order valence-electron chi connectivity index (χ3n) is 7.29. The van der Waals surface area contributed by atoms with E-state index in [1.165, 1.54) is 35.2 Å². The van der Waals surface area contributed by atoms with E-state index in [1.54, 1.807) is 11.8 Å². The molecule has 16 heteroatoms. The van der Waals surface area contributed by atoms with Crippen molar-refractivity contribution in [1.82, 2.24) is 29.7 Å². The number of anilines is 1. The second kappa shape index (κ2) is 12.6. The minimum absolute atomic E-state index is 0.0706. The molecule has 2 saturated heterocycles. The first-order chi connectivity index (χ1) is 20.7. The Labute approximate surface area is 245 Å². The number of piperidine rings is 1. The largest absolute Gasteiger partial charge is 0.415 e. The Kier molecular flexibility index (Phi) is 8.66. The molecule has 2 aliphatic heterocycles. The van der Waals surface area contributed by atoms with Crippen molar-refractivity contribution in [1.29, 1.82) is 0 Å². The van der Waals surface area contributed by atoms with E-state index in [0.717, 1.165) is 0 Å². The Morgan fingerprint density at radius 3 is 2.60 bits per heavy atom. The topological polar surface area (TPSA) is 221 Å². The van der Waals surface area contributed by atoms with E-state index in [0.29, 0.717) is 38.9 Å². The molecular formula is C27H30N8O8. The van der Waals surface area contributed by atoms with Crippen LogP contribution in [-0.2, 0) is 9.53 Å². The Hall–Kier alpha value is -4.85. The Morgan fingerprint density at radius 1 is 1.21 bits per heavy atom. The molecular weight excluding hydrogens is 564 g/mol. The number of likely N-dealkylation sites (N-methyl/N-ethyl adjacent to an activating group) is 1. The van der Waals surface area contributed by atoms with Gasteiger partial charge in [0.05, 0.1) is 11.3 Å². The number of ether oxygens (including phenoxy) is 2. The highest BCUT2D eigenvalue weighted by atomic mass is 16.6. The van der Waals surface area contributed by atoms with Crippen LogP contribution in [0.1, 0.15) is 38.2 Å². The summed E-state index contributed by atoms with van der Waals surface area (Å²) >= 11 is 0. The number of nitrogens with one attached hydrogen (secondary N) is 1. The molecule has 2 amide bonds. The molecule has 0 radical (unpaired) electrons. The van der Waals surface area contributed by atoms with Crippen LogP contribution < -0.4 is 15.8 Å². The fraction of sp³-hybridized carbons (Fsp3) is 0.444. The molecule has 2 unspecified atom stereocenters. The summed E-state index contributed by atoms with van der Waals surface area (Å²) in [6.45, 7) is 3.01. The summed E-state index contributed by atoms with van der Waals surface area (Å²) in [5.74, 6) is 6.08. The maximum atomic E-state index is 12.5. The molecule has 0 saturated carbocycles. The van der Waals surface area contributed by atoms with E-state index in [-0.39, 0.29) is 40.2 Å². The molecule has 0 spiro atoms. The second-order valence-electron chi connectivity index (χ2n) is 10.1. The van der Waals surface area contributed by atoms with E-state index in [2.05, 4.69) is 32.1 Å². The lowest BCUT2D eigenvalue weighted by Gasteiger charge is -2.30. The average Bonchev–Trinajstić information content (AvgIpc) is 3.54. The number of aromatic nitrogens is 4. The van der Waals surface area contributed by atoms with Gasteiger partial charge in [-0.3, -0.25) is 19.5 Å². The minimum atomic E-state index is -1.46. The van der Waals surface area contributed by atoms with Gasteiger partial charge in [0.25, 0.3) is 11.6 Å². The summed E-state index contributed by atoms with van der Waals surface area (Å²) < 4.78 is 12.4. The number of likely N-dealkylation sites (tertiary alicyclic amines) is 1. The van der Waals surface area contributed by atoms with Crippen LogP contribution in [-0.4, -0.2) is 89.5 Å². The van der Waals surface area contributed by atoms with Crippen molar-refractivity contribution in [3.05, 3.63) is 46.5 Å². The number of aliphatic hydroxyl groups is 2. The summed E-state index contributed by atoms with van der Waals surface area (Å²) in [6.07, 6.45) is -2.55. The fourth-order valence-electron chi connectivity index (χ4n) is 4.96. The van der Waals surface area contributed by atoms with Crippen LogP contribution in [0.4, 0.5) is 16.3 Å². The molecule has 1 aromatic carbocycles. The van der Waals surface area contributed by atoms with Gasteiger partial charge in [0.15, 0.2) is 23.8 Å². The van der Waals surface area contributed by atoms with Crippen LogP contribution in [0.2, 0.25) is 0 Å². The average molecular weight is 595 g/mol. The first-order valence-corrected chi connectivity index (χ1v) is 13.7. The number of benzene rings is 1. The van der Waals surface area contributed by atoms with Gasteiger partial charge in [-0.25, -0.2) is 19.7 Å². The highest BCUT2D eigenvalue weighted by Gasteiger charge is 2.47. The minimum Gasteiger partial charge on any atom is -0.410 e. The first-order valence-electron chi connectivity index (χ1n) is 13.7. The summed E-state index contributed by atoms with van der Waals surface area (Å²) in [6, 6.07) is 5.31. The van der Waals surface area contributed by atoms with E-state index in [1.807, 2.05) is 0 Å². The van der Waals surface area contributed by atoms with Crippen molar-refractivity contribution in [2.24, 2.45) is 5.92 Å². The predicted molar refractivity (Wildman–Crippen MR) is 149 cm³/mol. The number of hydrogen-bond donors (Lipinski definition) is 4. The number of nitrogens with two attached hydrogens (primary N) is 1. The lowest BCUT2D eigenvalue weighted by Crippen LogP contribution is -2.42. The monoisotopic (exact) mass is 594 g/mol. The van der Waals surface area contributed by atoms with Gasteiger partial charge in [0.1, 0.15) is 23.5 Å². The van der Waals surface area contributed by atoms with Crippen LogP contribution >= 0.6 is 0 Å². The standard InChI is InChI=1S/C27H30N8O8/c1-2-29-25(38)22-20(36)21(37)26(43-22)34-14-30-19-23(28)31-18(32-24(19)34)5-3-4-15-10-12-33(13-11-15)27(39)42-17-8-6-16(7-9-17)35(40)41/h6-9,14-15,20-22,26,36-37H,2,4,10-13H2,1H3,(H,29,38)(H2,28,31,32)/t20?,21?,22-,26+/m0/s1. The SMILES string of the molecule is CCNC(=O)[C@H]1O[C@@H](n2cnc3c(N)nc(C#CCC4CCN(C(=O)Oc5ccc([N+](=O)[O-])cc5)CC4)nc32)C(O)C1O. The predicted octanol–water partition coefficient (Wildman–Crippen LogP) is 0.725. The van der Waals surface area contributed by atoms with Crippen LogP contribution in [0.15, 0.2) is 30.6 Å². The Morgan fingerprint density at radius 2 is 1.93 bits per heavy atom. The van der Waals surface area contributed by atoms with E-state index in [9.17, 15) is 29.9 Å². The number of non-ortho nitro benzene ring substituents is 1. The number of nitro groups is 1. The van der Waals surface area contributed by atoms with E-state index in [4.69, 9.17) is 15.2 Å². The molecule has 0 bridgehead atoms. The van der Waals surface area contributed by atoms with E-state index >= 15 is 0 Å². The van der Waals surface area contributed by atoms with Crippen LogP contribution in [0.5, 0.6) is 5.75 Å². The molecule has 5 N–H and O–H groups in total. The zero-order valence-electron chi connectivity index (χ0n) is 23.1. The fourth-order valence-corrected chi connectivity index (χ4v) is 4.96. The number of amides is 2. The Balaban J connectivity index is 1.19. The lowest BCUT2D eigenvalue weighted by molar-refractivity contribution is -0.384. The molecule has 2 aliphatic rings. The van der Waals surface area contributed by atoms with Gasteiger partial charge < -0.3 is 35.6 Å². The molecule has 0 aliphatic carbocycles. The van der Waals surface area contributed by atoms with Crippen molar-refractivity contribution in [2.75, 3.05) is 25.4 Å². The molecule has 2 aromatic heterocycles. The van der Waals surface area contributed by atoms with Crippen LogP contribution in [0, 0.1) is 27.9 Å². The number of carbonyl (C=O) groups is 2. The molecule has 43 heavy (non-hydrogen) atoms. The van der Waals surface area contributed by atoms with Gasteiger partial charge in [-0.05, 0) is 43.7 Å². The van der Waals surface area contributed by atoms with Gasteiger partial charge in [-0.2, -0.15) is 0 Å². The van der Waals surface area contributed by atoms with Gasteiger partial charge in [0.2, 0.25) is 5.82 Å². The van der Waals surface area contributed by atoms with Crippen molar-refractivity contribution in [3.63, 3.8) is 0 Å². The first kappa shape index (κ1) is 29.6. The number of hydrogen-bond acceptors (Lipinski definition) is 12.